The van der Waals surface area contributed by atoms with Crippen LogP contribution < -0.4 is 5.32 Å². The van der Waals surface area contributed by atoms with Gasteiger partial charge in [0, 0.05) is 7.05 Å². The number of nitrogens with zero attached hydrogens (tertiary/aromatic N) is 4. The Morgan fingerprint density at radius 1 is 1.27 bits per heavy atom. The molecule has 3 heterocycles. The van der Waals surface area contributed by atoms with Gasteiger partial charge in [0.15, 0.2) is 23.2 Å². The molecule has 0 saturated carbocycles. The van der Waals surface area contributed by atoms with Crippen LogP contribution in [0.2, 0.25) is 19.6 Å². The van der Waals surface area contributed by atoms with Crippen molar-refractivity contribution in [2.24, 2.45) is 0 Å². The Balaban J connectivity index is 2.09. The second kappa shape index (κ2) is 6.94. The highest BCUT2D eigenvalue weighted by Gasteiger charge is 2.44. The molecule has 4 N–H and O–H groups in total. The molecule has 1 fully saturated rings. The van der Waals surface area contributed by atoms with E-state index in [0.29, 0.717) is 22.8 Å². The third-order valence-electron chi connectivity index (χ3n) is 4.00. The maximum Gasteiger partial charge on any atom is 0.208 e. The Morgan fingerprint density at radius 2 is 2.00 bits per heavy atom. The van der Waals surface area contributed by atoms with Crippen molar-refractivity contribution < 1.29 is 20.1 Å². The third kappa shape index (κ3) is 3.44. The van der Waals surface area contributed by atoms with E-state index < -0.39 is 39.2 Å². The van der Waals surface area contributed by atoms with E-state index in [-0.39, 0.29) is 0 Å². The Labute approximate surface area is 152 Å². The fourth-order valence-corrected chi connectivity index (χ4v) is 3.17. The van der Waals surface area contributed by atoms with Gasteiger partial charge in [-0.1, -0.05) is 19.6 Å². The lowest BCUT2D eigenvalue weighted by molar-refractivity contribution is -0.0511. The van der Waals surface area contributed by atoms with Gasteiger partial charge in [-0.05, 0) is 5.92 Å². The number of aliphatic hydroxyl groups excluding tert-OH is 3. The molecule has 0 aromatic carbocycles. The number of rotatable bonds is 3. The Morgan fingerprint density at radius 3 is 2.58 bits per heavy atom. The lowest BCUT2D eigenvalue weighted by Crippen LogP contribution is -2.33. The number of hydrogen-bond acceptors (Lipinski definition) is 8. The predicted molar refractivity (Wildman–Crippen MR) is 98.1 cm³/mol. The molecule has 4 atom stereocenters. The molecule has 1 saturated heterocycles. The molecule has 0 bridgehead atoms. The summed E-state index contributed by atoms with van der Waals surface area (Å²) in [6, 6.07) is 0. The van der Waals surface area contributed by atoms with Crippen LogP contribution in [0.3, 0.4) is 0 Å². The molecule has 0 unspecified atom stereocenters. The van der Waals surface area contributed by atoms with Crippen molar-refractivity contribution in [3.8, 4) is 11.5 Å². The lowest BCUT2D eigenvalue weighted by atomic mass is 10.1. The average molecular weight is 377 g/mol. The summed E-state index contributed by atoms with van der Waals surface area (Å²) in [6.45, 7) is 5.98. The van der Waals surface area contributed by atoms with Crippen molar-refractivity contribution in [3.63, 3.8) is 0 Å². The topological polar surface area (TPSA) is 126 Å². The van der Waals surface area contributed by atoms with E-state index in [0.717, 1.165) is 0 Å². The van der Waals surface area contributed by atoms with Crippen LogP contribution in [0.15, 0.2) is 6.33 Å². The molecule has 2 aromatic heterocycles. The van der Waals surface area contributed by atoms with E-state index in [1.54, 1.807) is 7.05 Å². The number of nitrogens with one attached hydrogen (secondary N) is 1. The molecule has 9 nitrogen and oxygen atoms in total. The van der Waals surface area contributed by atoms with E-state index in [4.69, 9.17) is 4.74 Å². The van der Waals surface area contributed by atoms with Crippen LogP contribution in [0.5, 0.6) is 0 Å². The highest BCUT2D eigenvalue weighted by Crippen LogP contribution is 2.32. The highest BCUT2D eigenvalue weighted by molar-refractivity contribution is 6.83. The first kappa shape index (κ1) is 18.7. The van der Waals surface area contributed by atoms with Gasteiger partial charge in [-0.25, -0.2) is 15.0 Å². The number of fused-ring (bicyclic) bond motifs is 1. The lowest BCUT2D eigenvalue weighted by Gasteiger charge is -2.16. The SMILES string of the molecule is CNc1nc(C#C[Si](C)(C)C)nc2c1ncn2[C@@H]1O[C@H](CO)[C@@H](O)[C@H]1O. The van der Waals surface area contributed by atoms with Crippen LogP contribution in [-0.4, -0.2) is 74.9 Å². The molecule has 0 aliphatic carbocycles. The summed E-state index contributed by atoms with van der Waals surface area (Å²) in [6.07, 6.45) is -2.72. The molecule has 1 aliphatic heterocycles. The van der Waals surface area contributed by atoms with E-state index in [9.17, 15) is 15.3 Å². The van der Waals surface area contributed by atoms with Crippen molar-refractivity contribution in [2.75, 3.05) is 19.0 Å². The number of hydrogen-bond donors (Lipinski definition) is 4. The van der Waals surface area contributed by atoms with E-state index in [1.807, 2.05) is 0 Å². The fraction of sp³-hybridized carbons (Fsp3) is 0.562. The molecule has 1 aliphatic rings. The summed E-state index contributed by atoms with van der Waals surface area (Å²) >= 11 is 0. The molecule has 0 amide bonds. The Hall–Kier alpha value is -2.03. The van der Waals surface area contributed by atoms with Crippen molar-refractivity contribution >= 4 is 25.1 Å². The summed E-state index contributed by atoms with van der Waals surface area (Å²) in [4.78, 5) is 13.1. The number of aliphatic hydroxyl groups is 3. The molecule has 0 spiro atoms. The largest absolute Gasteiger partial charge is 0.394 e. The molecule has 10 heteroatoms. The van der Waals surface area contributed by atoms with Crippen LogP contribution in [0.4, 0.5) is 5.82 Å². The van der Waals surface area contributed by atoms with Gasteiger partial charge in [0.25, 0.3) is 0 Å². The minimum Gasteiger partial charge on any atom is -0.394 e. The van der Waals surface area contributed by atoms with E-state index in [2.05, 4.69) is 51.4 Å². The van der Waals surface area contributed by atoms with Crippen molar-refractivity contribution in [1.82, 2.24) is 19.5 Å². The van der Waals surface area contributed by atoms with Gasteiger partial charge < -0.3 is 25.4 Å². The Kier molecular flexibility index (Phi) is 5.00. The van der Waals surface area contributed by atoms with Crippen LogP contribution in [0.1, 0.15) is 12.1 Å². The molecular formula is C16H23N5O4Si. The molecule has 3 rings (SSSR count). The molecule has 2 aromatic rings. The Bertz CT molecular complexity index is 869. The van der Waals surface area contributed by atoms with Gasteiger partial charge in [0.1, 0.15) is 26.4 Å². The third-order valence-corrected chi connectivity index (χ3v) is 4.87. The quantitative estimate of drug-likeness (QED) is 0.425. The monoisotopic (exact) mass is 377 g/mol. The van der Waals surface area contributed by atoms with Gasteiger partial charge in [-0.15, -0.1) is 5.54 Å². The minimum absolute atomic E-state index is 0.345. The van der Waals surface area contributed by atoms with E-state index >= 15 is 0 Å². The number of anilines is 1. The average Bonchev–Trinajstić information content (AvgIpc) is 3.13. The zero-order valence-electron chi connectivity index (χ0n) is 15.1. The minimum atomic E-state index is -1.60. The first-order valence-corrected chi connectivity index (χ1v) is 11.8. The molecule has 26 heavy (non-hydrogen) atoms. The number of aromatic nitrogens is 4. The maximum absolute atomic E-state index is 10.3. The molecule has 140 valence electrons. The first-order valence-electron chi connectivity index (χ1n) is 8.33. The smallest absolute Gasteiger partial charge is 0.208 e. The second-order valence-corrected chi connectivity index (χ2v) is 11.9. The van der Waals surface area contributed by atoms with Crippen LogP contribution in [-0.2, 0) is 4.74 Å². The summed E-state index contributed by atoms with van der Waals surface area (Å²) in [5, 5.41) is 32.5. The number of imidazole rings is 1. The highest BCUT2D eigenvalue weighted by atomic mass is 28.3. The van der Waals surface area contributed by atoms with Gasteiger partial charge in [0.2, 0.25) is 5.82 Å². The van der Waals surface area contributed by atoms with Crippen LogP contribution >= 0.6 is 0 Å². The summed E-state index contributed by atoms with van der Waals surface area (Å²) in [7, 11) is 0.123. The summed E-state index contributed by atoms with van der Waals surface area (Å²) < 4.78 is 7.11. The van der Waals surface area contributed by atoms with Crippen LogP contribution in [0.25, 0.3) is 11.2 Å². The molecule has 0 radical (unpaired) electrons. The van der Waals surface area contributed by atoms with Crippen molar-refractivity contribution in [2.45, 2.75) is 44.2 Å². The summed E-state index contributed by atoms with van der Waals surface area (Å²) in [5.41, 5.74) is 4.15. The zero-order chi connectivity index (χ0) is 19.1. The molecular weight excluding hydrogens is 354 g/mol. The van der Waals surface area contributed by atoms with Gasteiger partial charge in [-0.2, -0.15) is 0 Å². The summed E-state index contributed by atoms with van der Waals surface area (Å²) in [5.74, 6) is 3.87. The second-order valence-electron chi connectivity index (χ2n) is 7.20. The number of ether oxygens (including phenoxy) is 1. The van der Waals surface area contributed by atoms with Crippen molar-refractivity contribution in [1.29, 1.82) is 0 Å². The zero-order valence-corrected chi connectivity index (χ0v) is 16.1. The predicted octanol–water partition coefficient (Wildman–Crippen LogP) is -0.292. The van der Waals surface area contributed by atoms with Crippen molar-refractivity contribution in [3.05, 3.63) is 12.2 Å². The fourth-order valence-electron chi connectivity index (χ4n) is 2.69. The van der Waals surface area contributed by atoms with Gasteiger partial charge in [0.05, 0.1) is 12.9 Å². The normalized spacial score (nSPS) is 26.0. The first-order chi connectivity index (χ1) is 12.2. The van der Waals surface area contributed by atoms with Crippen LogP contribution in [0, 0.1) is 11.5 Å². The standard InChI is InChI=1S/C16H23N5O4Si/c1-17-14-11-15(20-10(19-14)5-6-26(2,3)4)21(8-18-11)16-13(24)12(23)9(7-22)25-16/h8-9,12-13,16,22-24H,7H2,1-4H3,(H,17,19,20)/t9-,12-,13-,16-/m1/s1. The van der Waals surface area contributed by atoms with Gasteiger partial charge >= 0.3 is 0 Å². The van der Waals surface area contributed by atoms with E-state index in [1.165, 1.54) is 10.9 Å². The van der Waals surface area contributed by atoms with Gasteiger partial charge in [-0.3, -0.25) is 4.57 Å². The maximum atomic E-state index is 10.3.